The quantitative estimate of drug-likeness (QED) is 0.594. The highest BCUT2D eigenvalue weighted by molar-refractivity contribution is 7.80. The van der Waals surface area contributed by atoms with Crippen molar-refractivity contribution in [3.05, 3.63) is 88.9 Å². The lowest BCUT2D eigenvalue weighted by Gasteiger charge is -2.12. The molecule has 26 heavy (non-hydrogen) atoms. The van der Waals surface area contributed by atoms with Gasteiger partial charge < -0.3 is 5.32 Å². The highest BCUT2D eigenvalue weighted by atomic mass is 35.5. The fraction of sp³-hybridized carbons (Fsp3) is 0.0476. The molecule has 0 aliphatic rings. The number of halogens is 1. The molecule has 0 aliphatic heterocycles. The number of nitrogens with one attached hydrogen (secondary N) is 2. The van der Waals surface area contributed by atoms with E-state index < -0.39 is 0 Å². The molecular formula is C21H17ClN2OS. The predicted molar refractivity (Wildman–Crippen MR) is 112 cm³/mol. The molecule has 3 nitrogen and oxygen atoms in total. The molecule has 0 bridgehead atoms. The van der Waals surface area contributed by atoms with Crippen LogP contribution in [0.5, 0.6) is 0 Å². The molecule has 3 aromatic rings. The number of hydrogen-bond acceptors (Lipinski definition) is 2. The largest absolute Gasteiger partial charge is 0.332 e. The number of benzene rings is 3. The Balaban J connectivity index is 1.66. The number of thiocarbonyl (C=S) groups is 1. The van der Waals surface area contributed by atoms with E-state index in [0.717, 1.165) is 22.4 Å². The topological polar surface area (TPSA) is 41.1 Å². The second kappa shape index (κ2) is 8.13. The number of carbonyl (C=O) groups excluding carboxylic acids is 1. The third-order valence-corrected chi connectivity index (χ3v) is 4.37. The zero-order valence-electron chi connectivity index (χ0n) is 14.1. The van der Waals surface area contributed by atoms with Crippen LogP contribution in [-0.2, 0) is 0 Å². The number of aryl methyl sites for hydroxylation is 1. The average molecular weight is 381 g/mol. The first-order valence-electron chi connectivity index (χ1n) is 8.07. The van der Waals surface area contributed by atoms with Crippen LogP contribution in [0.2, 0.25) is 5.02 Å². The Bertz CT molecular complexity index is 940. The molecule has 3 aromatic carbocycles. The van der Waals surface area contributed by atoms with Gasteiger partial charge in [-0.15, -0.1) is 0 Å². The minimum atomic E-state index is -0.262. The molecule has 0 saturated carbocycles. The van der Waals surface area contributed by atoms with Gasteiger partial charge in [0.2, 0.25) is 0 Å². The summed E-state index contributed by atoms with van der Waals surface area (Å²) in [6.07, 6.45) is 0. The van der Waals surface area contributed by atoms with Crippen molar-refractivity contribution in [1.82, 2.24) is 5.32 Å². The second-order valence-electron chi connectivity index (χ2n) is 5.81. The molecule has 2 N–H and O–H groups in total. The van der Waals surface area contributed by atoms with Gasteiger partial charge in [-0.25, -0.2) is 0 Å². The monoisotopic (exact) mass is 380 g/mol. The average Bonchev–Trinajstić information content (AvgIpc) is 2.65. The van der Waals surface area contributed by atoms with Crippen LogP contribution < -0.4 is 10.6 Å². The van der Waals surface area contributed by atoms with E-state index in [4.69, 9.17) is 23.8 Å². The summed E-state index contributed by atoms with van der Waals surface area (Å²) in [6.45, 7) is 1.94. The minimum absolute atomic E-state index is 0.229. The van der Waals surface area contributed by atoms with Gasteiger partial charge in [-0.2, -0.15) is 0 Å². The van der Waals surface area contributed by atoms with Gasteiger partial charge in [0.05, 0.1) is 0 Å². The van der Waals surface area contributed by atoms with Gasteiger partial charge in [0.25, 0.3) is 5.91 Å². The van der Waals surface area contributed by atoms with E-state index in [1.807, 2.05) is 55.5 Å². The summed E-state index contributed by atoms with van der Waals surface area (Å²) in [5.41, 5.74) is 4.45. The van der Waals surface area contributed by atoms with Crippen molar-refractivity contribution in [3.63, 3.8) is 0 Å². The first-order chi connectivity index (χ1) is 12.5. The summed E-state index contributed by atoms with van der Waals surface area (Å²) < 4.78 is 0. The van der Waals surface area contributed by atoms with E-state index in [-0.39, 0.29) is 11.0 Å². The van der Waals surface area contributed by atoms with Crippen LogP contribution in [0, 0.1) is 6.92 Å². The maximum Gasteiger partial charge on any atom is 0.257 e. The maximum atomic E-state index is 12.4. The molecule has 0 atom stereocenters. The van der Waals surface area contributed by atoms with E-state index in [0.29, 0.717) is 10.6 Å². The molecule has 0 radical (unpaired) electrons. The third kappa shape index (κ3) is 4.48. The number of anilines is 1. The molecule has 0 unspecified atom stereocenters. The van der Waals surface area contributed by atoms with Gasteiger partial charge in [-0.3, -0.25) is 10.1 Å². The molecule has 0 aliphatic carbocycles. The lowest BCUT2D eigenvalue weighted by Crippen LogP contribution is -2.34. The smallest absolute Gasteiger partial charge is 0.257 e. The first-order valence-corrected chi connectivity index (χ1v) is 8.85. The lowest BCUT2D eigenvalue weighted by molar-refractivity contribution is 0.0978. The molecule has 130 valence electrons. The molecule has 0 spiro atoms. The van der Waals surface area contributed by atoms with Gasteiger partial charge in [-0.05, 0) is 60.1 Å². The molecule has 5 heteroatoms. The highest BCUT2D eigenvalue weighted by Gasteiger charge is 2.09. The summed E-state index contributed by atoms with van der Waals surface area (Å²) in [5.74, 6) is -0.262. The predicted octanol–water partition coefficient (Wildman–Crippen LogP) is 5.44. The van der Waals surface area contributed by atoms with Crippen molar-refractivity contribution in [2.75, 3.05) is 5.32 Å². The molecule has 0 heterocycles. The van der Waals surface area contributed by atoms with Crippen molar-refractivity contribution < 1.29 is 4.79 Å². The fourth-order valence-electron chi connectivity index (χ4n) is 2.50. The van der Waals surface area contributed by atoms with Crippen molar-refractivity contribution in [2.45, 2.75) is 6.92 Å². The van der Waals surface area contributed by atoms with Crippen LogP contribution in [0.3, 0.4) is 0 Å². The summed E-state index contributed by atoms with van der Waals surface area (Å²) in [6, 6.07) is 22.9. The van der Waals surface area contributed by atoms with Crippen molar-refractivity contribution in [3.8, 4) is 11.1 Å². The summed E-state index contributed by atoms with van der Waals surface area (Å²) >= 11 is 11.2. The van der Waals surface area contributed by atoms with Crippen molar-refractivity contribution in [1.29, 1.82) is 0 Å². The van der Waals surface area contributed by atoms with E-state index in [2.05, 4.69) is 10.6 Å². The molecule has 0 aromatic heterocycles. The van der Waals surface area contributed by atoms with Crippen molar-refractivity contribution >= 4 is 40.5 Å². The van der Waals surface area contributed by atoms with Gasteiger partial charge in [0.15, 0.2) is 5.11 Å². The van der Waals surface area contributed by atoms with Crippen LogP contribution in [0.1, 0.15) is 15.9 Å². The maximum absolute atomic E-state index is 12.4. The number of amides is 1. The Morgan fingerprint density at radius 2 is 1.58 bits per heavy atom. The van der Waals surface area contributed by atoms with Crippen LogP contribution in [0.15, 0.2) is 72.8 Å². The molecule has 0 fully saturated rings. The van der Waals surface area contributed by atoms with Gasteiger partial charge >= 0.3 is 0 Å². The van der Waals surface area contributed by atoms with Gasteiger partial charge in [-0.1, -0.05) is 60.1 Å². The molecular weight excluding hydrogens is 364 g/mol. The van der Waals surface area contributed by atoms with Crippen LogP contribution in [-0.4, -0.2) is 11.0 Å². The van der Waals surface area contributed by atoms with E-state index in [1.54, 1.807) is 24.3 Å². The highest BCUT2D eigenvalue weighted by Crippen LogP contribution is 2.21. The van der Waals surface area contributed by atoms with E-state index >= 15 is 0 Å². The molecule has 1 amide bonds. The fourth-order valence-corrected chi connectivity index (χ4v) is 2.88. The van der Waals surface area contributed by atoms with Crippen LogP contribution in [0.25, 0.3) is 11.1 Å². The Kier molecular flexibility index (Phi) is 5.66. The first kappa shape index (κ1) is 18.1. The Hall–Kier alpha value is -2.69. The van der Waals surface area contributed by atoms with Crippen LogP contribution >= 0.6 is 23.8 Å². The zero-order chi connectivity index (χ0) is 18.5. The summed E-state index contributed by atoms with van der Waals surface area (Å²) in [7, 11) is 0. The SMILES string of the molecule is Cc1ccc(Cl)cc1NC(=S)NC(=O)c1ccc(-c2ccccc2)cc1. The number of hydrogen-bond donors (Lipinski definition) is 2. The lowest BCUT2D eigenvalue weighted by atomic mass is 10.0. The molecule has 3 rings (SSSR count). The van der Waals surface area contributed by atoms with Gasteiger partial charge in [0, 0.05) is 16.3 Å². The van der Waals surface area contributed by atoms with Crippen LogP contribution in [0.4, 0.5) is 5.69 Å². The summed E-state index contributed by atoms with van der Waals surface area (Å²) in [5, 5.41) is 6.52. The number of rotatable bonds is 3. The Morgan fingerprint density at radius 3 is 2.27 bits per heavy atom. The summed E-state index contributed by atoms with van der Waals surface area (Å²) in [4.78, 5) is 12.4. The Morgan fingerprint density at radius 1 is 0.923 bits per heavy atom. The molecule has 0 saturated heterocycles. The van der Waals surface area contributed by atoms with Crippen molar-refractivity contribution in [2.24, 2.45) is 0 Å². The van der Waals surface area contributed by atoms with E-state index in [9.17, 15) is 4.79 Å². The number of carbonyl (C=O) groups is 1. The Labute approximate surface area is 163 Å². The van der Waals surface area contributed by atoms with Gasteiger partial charge in [0.1, 0.15) is 0 Å². The second-order valence-corrected chi connectivity index (χ2v) is 6.66. The standard InChI is InChI=1S/C21H17ClN2OS/c1-14-7-12-18(22)13-19(14)23-21(26)24-20(25)17-10-8-16(9-11-17)15-5-3-2-4-6-15/h2-13H,1H3,(H2,23,24,25,26). The normalized spacial score (nSPS) is 10.2. The minimum Gasteiger partial charge on any atom is -0.332 e. The van der Waals surface area contributed by atoms with E-state index in [1.165, 1.54) is 0 Å². The third-order valence-electron chi connectivity index (χ3n) is 3.93. The zero-order valence-corrected chi connectivity index (χ0v) is 15.7.